The molecule has 0 aliphatic carbocycles. The number of nitriles is 1. The highest BCUT2D eigenvalue weighted by Crippen LogP contribution is 2.43. The van der Waals surface area contributed by atoms with Gasteiger partial charge in [-0.15, -0.1) is 0 Å². The number of hydrogen-bond acceptors (Lipinski definition) is 7. The zero-order valence-electron chi connectivity index (χ0n) is 24.1. The predicted octanol–water partition coefficient (Wildman–Crippen LogP) is 5.34. The number of likely N-dealkylation sites (tertiary alicyclic amines) is 1. The molecule has 216 valence electrons. The number of carbonyl (C=O) groups excluding carboxylic acids is 1. The summed E-state index contributed by atoms with van der Waals surface area (Å²) in [4.78, 5) is 31.5. The maximum Gasteiger partial charge on any atom is 0.257 e. The van der Waals surface area contributed by atoms with Gasteiger partial charge in [0.05, 0.1) is 23.4 Å². The molecule has 1 N–H and O–H groups in total. The highest BCUT2D eigenvalue weighted by molar-refractivity contribution is 5.97. The normalized spacial score (nSPS) is 18.7. The van der Waals surface area contributed by atoms with Crippen molar-refractivity contribution in [1.29, 1.82) is 5.26 Å². The zero-order valence-corrected chi connectivity index (χ0v) is 24.1. The van der Waals surface area contributed by atoms with Crippen molar-refractivity contribution in [1.82, 2.24) is 24.8 Å². The Morgan fingerprint density at radius 1 is 1.19 bits per heavy atom. The number of halogens is 1. The van der Waals surface area contributed by atoms with Crippen molar-refractivity contribution < 1.29 is 13.9 Å². The van der Waals surface area contributed by atoms with Crippen LogP contribution < -0.4 is 9.64 Å². The van der Waals surface area contributed by atoms with Gasteiger partial charge in [-0.3, -0.25) is 9.69 Å². The Morgan fingerprint density at radius 3 is 2.83 bits per heavy atom. The summed E-state index contributed by atoms with van der Waals surface area (Å²) in [6, 6.07) is 11.9. The molecule has 42 heavy (non-hydrogen) atoms. The third kappa shape index (κ3) is 5.28. The van der Waals surface area contributed by atoms with Gasteiger partial charge in [0.15, 0.2) is 11.6 Å². The summed E-state index contributed by atoms with van der Waals surface area (Å²) in [6.45, 7) is 8.31. The minimum atomic E-state index is -0.501. The van der Waals surface area contributed by atoms with Crippen molar-refractivity contribution in [3.8, 4) is 17.6 Å². The molecule has 1 amide bonds. The van der Waals surface area contributed by atoms with Crippen LogP contribution in [0.15, 0.2) is 55.1 Å². The average molecular weight is 568 g/mol. The number of aromatic nitrogens is 3. The van der Waals surface area contributed by atoms with Crippen LogP contribution in [0, 0.1) is 22.6 Å². The standard InChI is InChI=1S/C32H34FN7O2/c1-21(2)38(3)31(41)26-13-24(33)5-7-28(26)42-29-16-35-20-37-30(29)40-11-9-32(19-40)8-10-39(18-32)17-23-15-36-27-12-22(14-34)4-6-25(23)27/h4-7,12-13,15-16,20-21,36H,8-11,17-19H2,1-3H3. The first-order valence-corrected chi connectivity index (χ1v) is 14.3. The number of carbonyl (C=O) groups is 1. The molecule has 2 saturated heterocycles. The highest BCUT2D eigenvalue weighted by Gasteiger charge is 2.44. The summed E-state index contributed by atoms with van der Waals surface area (Å²) in [6.07, 6.45) is 7.28. The number of nitrogens with zero attached hydrogens (tertiary/aromatic N) is 6. The molecular weight excluding hydrogens is 533 g/mol. The van der Waals surface area contributed by atoms with Gasteiger partial charge in [-0.1, -0.05) is 6.07 Å². The average Bonchev–Trinajstić information content (AvgIpc) is 3.72. The van der Waals surface area contributed by atoms with E-state index in [1.165, 1.54) is 30.1 Å². The summed E-state index contributed by atoms with van der Waals surface area (Å²) in [5.41, 5.74) is 3.18. The van der Waals surface area contributed by atoms with E-state index in [0.717, 1.165) is 56.5 Å². The van der Waals surface area contributed by atoms with Gasteiger partial charge >= 0.3 is 0 Å². The lowest BCUT2D eigenvalue weighted by atomic mass is 9.86. The number of hydrogen-bond donors (Lipinski definition) is 1. The van der Waals surface area contributed by atoms with Gasteiger partial charge in [0, 0.05) is 61.8 Å². The van der Waals surface area contributed by atoms with Gasteiger partial charge in [-0.2, -0.15) is 5.26 Å². The second-order valence-electron chi connectivity index (χ2n) is 11.8. The first-order chi connectivity index (χ1) is 20.2. The maximum absolute atomic E-state index is 14.2. The summed E-state index contributed by atoms with van der Waals surface area (Å²) < 4.78 is 20.4. The number of benzene rings is 2. The molecule has 9 nitrogen and oxygen atoms in total. The topological polar surface area (TPSA) is 101 Å². The van der Waals surface area contributed by atoms with E-state index in [-0.39, 0.29) is 28.7 Å². The molecule has 2 aromatic heterocycles. The van der Waals surface area contributed by atoms with Crippen molar-refractivity contribution in [2.75, 3.05) is 38.1 Å². The van der Waals surface area contributed by atoms with Gasteiger partial charge in [0.2, 0.25) is 0 Å². The largest absolute Gasteiger partial charge is 0.451 e. The smallest absolute Gasteiger partial charge is 0.257 e. The van der Waals surface area contributed by atoms with Crippen LogP contribution in [0.3, 0.4) is 0 Å². The van der Waals surface area contributed by atoms with E-state index < -0.39 is 5.82 Å². The second-order valence-corrected chi connectivity index (χ2v) is 11.8. The number of nitrogens with one attached hydrogen (secondary N) is 1. The highest BCUT2D eigenvalue weighted by atomic mass is 19.1. The molecule has 0 saturated carbocycles. The SMILES string of the molecule is CC(C)N(C)C(=O)c1cc(F)ccc1Oc1cncnc1N1CCC2(CCN(Cc3c[nH]c4cc(C#N)ccc34)C2)C1. The molecule has 10 heteroatoms. The van der Waals surface area contributed by atoms with Gasteiger partial charge in [0.25, 0.3) is 5.91 Å². The lowest BCUT2D eigenvalue weighted by molar-refractivity contribution is 0.0751. The predicted molar refractivity (Wildman–Crippen MR) is 158 cm³/mol. The molecule has 1 atom stereocenters. The molecule has 1 unspecified atom stereocenters. The van der Waals surface area contributed by atoms with Crippen LogP contribution in [0.2, 0.25) is 0 Å². The number of anilines is 1. The van der Waals surface area contributed by atoms with Crippen molar-refractivity contribution in [3.63, 3.8) is 0 Å². The molecule has 0 radical (unpaired) electrons. The van der Waals surface area contributed by atoms with E-state index in [2.05, 4.69) is 37.0 Å². The van der Waals surface area contributed by atoms with Crippen LogP contribution in [0.5, 0.6) is 11.5 Å². The Hall–Kier alpha value is -4.49. The third-order valence-electron chi connectivity index (χ3n) is 8.69. The summed E-state index contributed by atoms with van der Waals surface area (Å²) in [5, 5.41) is 10.4. The van der Waals surface area contributed by atoms with E-state index in [1.54, 1.807) is 18.1 Å². The molecule has 4 heterocycles. The van der Waals surface area contributed by atoms with Crippen LogP contribution >= 0.6 is 0 Å². The van der Waals surface area contributed by atoms with Crippen LogP contribution in [0.25, 0.3) is 10.9 Å². The second kappa shape index (κ2) is 11.1. The van der Waals surface area contributed by atoms with Crippen LogP contribution in [-0.2, 0) is 6.54 Å². The van der Waals surface area contributed by atoms with Crippen LogP contribution in [0.4, 0.5) is 10.2 Å². The lowest BCUT2D eigenvalue weighted by Gasteiger charge is -2.26. The number of H-pyrrole nitrogens is 1. The number of aromatic amines is 1. The van der Waals surface area contributed by atoms with E-state index in [4.69, 9.17) is 4.74 Å². The minimum absolute atomic E-state index is 0.0524. The van der Waals surface area contributed by atoms with E-state index in [9.17, 15) is 14.4 Å². The number of rotatable bonds is 7. The first kappa shape index (κ1) is 27.7. The Kier molecular flexibility index (Phi) is 7.29. The van der Waals surface area contributed by atoms with Gasteiger partial charge in [0.1, 0.15) is 17.9 Å². The minimum Gasteiger partial charge on any atom is -0.451 e. The lowest BCUT2D eigenvalue weighted by Crippen LogP contribution is -2.33. The molecule has 2 aromatic carbocycles. The molecule has 1 spiro atoms. The molecule has 2 aliphatic heterocycles. The van der Waals surface area contributed by atoms with Crippen molar-refractivity contribution in [3.05, 3.63) is 77.6 Å². The summed E-state index contributed by atoms with van der Waals surface area (Å²) in [5.74, 6) is 0.563. The molecule has 6 rings (SSSR count). The molecule has 2 aliphatic rings. The maximum atomic E-state index is 14.2. The molecular formula is C32H34FN7O2. The van der Waals surface area contributed by atoms with Crippen LogP contribution in [0.1, 0.15) is 48.2 Å². The van der Waals surface area contributed by atoms with Crippen molar-refractivity contribution >= 4 is 22.6 Å². The Morgan fingerprint density at radius 2 is 2.02 bits per heavy atom. The Bertz CT molecular complexity index is 1680. The first-order valence-electron chi connectivity index (χ1n) is 14.3. The monoisotopic (exact) mass is 567 g/mol. The molecule has 4 aromatic rings. The number of amides is 1. The van der Waals surface area contributed by atoms with E-state index in [1.807, 2.05) is 32.0 Å². The van der Waals surface area contributed by atoms with Gasteiger partial charge in [-0.05, 0) is 69.1 Å². The van der Waals surface area contributed by atoms with Gasteiger partial charge in [-0.25, -0.2) is 14.4 Å². The fourth-order valence-corrected chi connectivity index (χ4v) is 6.16. The van der Waals surface area contributed by atoms with Crippen LogP contribution in [-0.4, -0.2) is 69.9 Å². The van der Waals surface area contributed by atoms with Gasteiger partial charge < -0.3 is 19.5 Å². The quantitative estimate of drug-likeness (QED) is 0.322. The Balaban J connectivity index is 1.17. The van der Waals surface area contributed by atoms with Crippen molar-refractivity contribution in [2.24, 2.45) is 5.41 Å². The number of fused-ring (bicyclic) bond motifs is 1. The number of ether oxygens (including phenoxy) is 1. The molecule has 2 fully saturated rings. The van der Waals surface area contributed by atoms with E-state index in [0.29, 0.717) is 17.1 Å². The Labute approximate surface area is 244 Å². The summed E-state index contributed by atoms with van der Waals surface area (Å²) >= 11 is 0. The van der Waals surface area contributed by atoms with E-state index >= 15 is 0 Å². The molecule has 0 bridgehead atoms. The fourth-order valence-electron chi connectivity index (χ4n) is 6.16. The third-order valence-corrected chi connectivity index (χ3v) is 8.69. The zero-order chi connectivity index (χ0) is 29.4. The summed E-state index contributed by atoms with van der Waals surface area (Å²) in [7, 11) is 1.69. The fraction of sp³-hybridized carbons (Fsp3) is 0.375. The van der Waals surface area contributed by atoms with Crippen molar-refractivity contribution in [2.45, 2.75) is 39.3 Å².